The van der Waals surface area contributed by atoms with Crippen LogP contribution in [0.4, 0.5) is 0 Å². The van der Waals surface area contributed by atoms with Crippen molar-refractivity contribution in [2.24, 2.45) is 5.92 Å². The first kappa shape index (κ1) is 16.4. The number of amides is 1. The van der Waals surface area contributed by atoms with Gasteiger partial charge in [0.05, 0.1) is 12.6 Å². The van der Waals surface area contributed by atoms with Gasteiger partial charge in [0.15, 0.2) is 5.82 Å². The van der Waals surface area contributed by atoms with Gasteiger partial charge in [-0.15, -0.1) is 25.5 Å². The molecule has 0 radical (unpaired) electrons. The SMILES string of the molecule is Cc1nnc2n1[C@@H](CC(C)C)CN(C(=O)c1nc(-n3cnnc3)n[nH]1)C2. The minimum atomic E-state index is -0.211. The highest BCUT2D eigenvalue weighted by Crippen LogP contribution is 2.27. The fourth-order valence-corrected chi connectivity index (χ4v) is 3.36. The molecule has 0 aromatic carbocycles. The maximum atomic E-state index is 12.9. The Hall–Kier alpha value is -3.11. The molecule has 1 atom stereocenters. The van der Waals surface area contributed by atoms with E-state index in [1.54, 1.807) is 4.90 Å². The van der Waals surface area contributed by atoms with Gasteiger partial charge in [-0.05, 0) is 19.3 Å². The lowest BCUT2D eigenvalue weighted by atomic mass is 10.0. The second-order valence-electron chi connectivity index (χ2n) is 6.86. The first-order valence-corrected chi connectivity index (χ1v) is 8.50. The van der Waals surface area contributed by atoms with E-state index < -0.39 is 0 Å². The maximum absolute atomic E-state index is 12.9. The zero-order chi connectivity index (χ0) is 18.3. The van der Waals surface area contributed by atoms with E-state index >= 15 is 0 Å². The summed E-state index contributed by atoms with van der Waals surface area (Å²) >= 11 is 0. The second-order valence-corrected chi connectivity index (χ2v) is 6.86. The summed E-state index contributed by atoms with van der Waals surface area (Å²) in [6.45, 7) is 7.27. The predicted octanol–water partition coefficient (Wildman–Crippen LogP) is 0.529. The number of carbonyl (C=O) groups is 1. The quantitative estimate of drug-likeness (QED) is 0.723. The Morgan fingerprint density at radius 3 is 2.81 bits per heavy atom. The smallest absolute Gasteiger partial charge is 0.291 e. The van der Waals surface area contributed by atoms with Crippen molar-refractivity contribution in [3.63, 3.8) is 0 Å². The van der Waals surface area contributed by atoms with Crippen molar-refractivity contribution in [1.29, 1.82) is 0 Å². The Morgan fingerprint density at radius 1 is 1.31 bits per heavy atom. The van der Waals surface area contributed by atoms with Gasteiger partial charge in [0.25, 0.3) is 11.9 Å². The molecular weight excluding hydrogens is 336 g/mol. The van der Waals surface area contributed by atoms with Crippen LogP contribution in [0.5, 0.6) is 0 Å². The van der Waals surface area contributed by atoms with Gasteiger partial charge in [-0.3, -0.25) is 14.5 Å². The number of hydrogen-bond acceptors (Lipinski definition) is 7. The van der Waals surface area contributed by atoms with E-state index in [-0.39, 0.29) is 17.8 Å². The van der Waals surface area contributed by atoms with Crippen molar-refractivity contribution >= 4 is 5.91 Å². The lowest BCUT2D eigenvalue weighted by molar-refractivity contribution is 0.0648. The molecule has 0 saturated heterocycles. The van der Waals surface area contributed by atoms with Gasteiger partial charge >= 0.3 is 0 Å². The number of H-pyrrole nitrogens is 1. The van der Waals surface area contributed by atoms with Crippen LogP contribution in [0.3, 0.4) is 0 Å². The van der Waals surface area contributed by atoms with Crippen LogP contribution in [0, 0.1) is 12.8 Å². The van der Waals surface area contributed by atoms with Crippen LogP contribution in [0.2, 0.25) is 0 Å². The molecule has 0 aliphatic carbocycles. The average molecular weight is 356 g/mol. The summed E-state index contributed by atoms with van der Waals surface area (Å²) in [5.41, 5.74) is 0. The molecule has 1 aliphatic heterocycles. The molecule has 3 aromatic heterocycles. The van der Waals surface area contributed by atoms with Gasteiger partial charge < -0.3 is 9.47 Å². The highest BCUT2D eigenvalue weighted by Gasteiger charge is 2.32. The van der Waals surface area contributed by atoms with Crippen LogP contribution in [0.15, 0.2) is 12.7 Å². The van der Waals surface area contributed by atoms with Crippen molar-refractivity contribution in [1.82, 2.24) is 49.6 Å². The standard InChI is InChI=1S/C15H20N10O/c1-9(2)4-11-5-23(6-12-20-19-10(3)25(11)12)14(26)13-18-15(22-21-13)24-7-16-17-8-24/h7-9,11H,4-6H2,1-3H3,(H,18,21,22)/t11-/m0/s1. The van der Waals surface area contributed by atoms with Gasteiger partial charge in [-0.1, -0.05) is 13.8 Å². The maximum Gasteiger partial charge on any atom is 0.291 e. The van der Waals surface area contributed by atoms with Crippen LogP contribution in [0.25, 0.3) is 5.95 Å². The number of fused-ring (bicyclic) bond motifs is 1. The predicted molar refractivity (Wildman–Crippen MR) is 89.3 cm³/mol. The molecule has 0 fully saturated rings. The molecule has 0 bridgehead atoms. The fraction of sp³-hybridized carbons (Fsp3) is 0.533. The molecule has 26 heavy (non-hydrogen) atoms. The number of nitrogens with one attached hydrogen (secondary N) is 1. The minimum Gasteiger partial charge on any atom is -0.326 e. The third kappa shape index (κ3) is 2.85. The van der Waals surface area contributed by atoms with Gasteiger partial charge in [-0.25, -0.2) is 0 Å². The number of aromatic amines is 1. The van der Waals surface area contributed by atoms with Crippen molar-refractivity contribution in [2.45, 2.75) is 39.8 Å². The van der Waals surface area contributed by atoms with Crippen molar-refractivity contribution in [3.8, 4) is 5.95 Å². The van der Waals surface area contributed by atoms with Crippen LogP contribution in [-0.4, -0.2) is 62.1 Å². The molecule has 1 amide bonds. The van der Waals surface area contributed by atoms with Gasteiger partial charge in [0.2, 0.25) is 5.82 Å². The Labute approximate surface area is 149 Å². The van der Waals surface area contributed by atoms with Crippen molar-refractivity contribution in [2.75, 3.05) is 6.54 Å². The monoisotopic (exact) mass is 356 g/mol. The van der Waals surface area contributed by atoms with E-state index in [4.69, 9.17) is 0 Å². The molecule has 4 heterocycles. The zero-order valence-electron chi connectivity index (χ0n) is 14.9. The lowest BCUT2D eigenvalue weighted by Gasteiger charge is -2.34. The number of aromatic nitrogens is 9. The first-order valence-electron chi connectivity index (χ1n) is 8.50. The third-order valence-electron chi connectivity index (χ3n) is 4.42. The summed E-state index contributed by atoms with van der Waals surface area (Å²) in [4.78, 5) is 18.9. The van der Waals surface area contributed by atoms with E-state index in [2.05, 4.69) is 54.0 Å². The number of hydrogen-bond donors (Lipinski definition) is 1. The third-order valence-corrected chi connectivity index (χ3v) is 4.42. The highest BCUT2D eigenvalue weighted by molar-refractivity contribution is 5.90. The Kier molecular flexibility index (Phi) is 3.98. The zero-order valence-corrected chi connectivity index (χ0v) is 14.9. The summed E-state index contributed by atoms with van der Waals surface area (Å²) in [6.07, 6.45) is 3.89. The number of rotatable bonds is 4. The molecule has 11 nitrogen and oxygen atoms in total. The van der Waals surface area contributed by atoms with Gasteiger partial charge in [0.1, 0.15) is 18.5 Å². The molecule has 11 heteroatoms. The Balaban J connectivity index is 1.59. The normalized spacial score (nSPS) is 16.9. The van der Waals surface area contributed by atoms with Crippen molar-refractivity contribution in [3.05, 3.63) is 30.1 Å². The van der Waals surface area contributed by atoms with E-state index in [1.807, 2.05) is 6.92 Å². The van der Waals surface area contributed by atoms with Crippen LogP contribution in [0.1, 0.15) is 48.6 Å². The van der Waals surface area contributed by atoms with Gasteiger partial charge in [0, 0.05) is 6.54 Å². The van der Waals surface area contributed by atoms with Crippen LogP contribution >= 0.6 is 0 Å². The van der Waals surface area contributed by atoms with Crippen LogP contribution in [-0.2, 0) is 6.54 Å². The molecule has 1 aliphatic rings. The van der Waals surface area contributed by atoms with E-state index in [1.165, 1.54) is 17.2 Å². The summed E-state index contributed by atoms with van der Waals surface area (Å²) < 4.78 is 3.68. The average Bonchev–Trinajstić information content (AvgIpc) is 3.34. The molecule has 3 aromatic rings. The minimum absolute atomic E-state index is 0.151. The summed E-state index contributed by atoms with van der Waals surface area (Å²) in [5, 5.41) is 22.6. The Morgan fingerprint density at radius 2 is 2.08 bits per heavy atom. The lowest BCUT2D eigenvalue weighted by Crippen LogP contribution is -2.42. The fourth-order valence-electron chi connectivity index (χ4n) is 3.36. The molecular formula is C15H20N10O. The molecule has 1 N–H and O–H groups in total. The van der Waals surface area contributed by atoms with E-state index in [0.29, 0.717) is 25.0 Å². The first-order chi connectivity index (χ1) is 12.5. The molecule has 136 valence electrons. The van der Waals surface area contributed by atoms with Crippen LogP contribution < -0.4 is 0 Å². The second kappa shape index (κ2) is 6.32. The van der Waals surface area contributed by atoms with E-state index in [0.717, 1.165) is 18.1 Å². The summed E-state index contributed by atoms with van der Waals surface area (Å²) in [7, 11) is 0. The molecule has 4 rings (SSSR count). The molecule has 0 saturated carbocycles. The topological polar surface area (TPSA) is 123 Å². The summed E-state index contributed by atoms with van der Waals surface area (Å²) in [6, 6.07) is 0.151. The largest absolute Gasteiger partial charge is 0.326 e. The van der Waals surface area contributed by atoms with E-state index in [9.17, 15) is 4.79 Å². The number of carbonyl (C=O) groups excluding carboxylic acids is 1. The van der Waals surface area contributed by atoms with Gasteiger partial charge in [-0.2, -0.15) is 4.98 Å². The number of nitrogens with zero attached hydrogens (tertiary/aromatic N) is 9. The highest BCUT2D eigenvalue weighted by atomic mass is 16.2. The Bertz CT molecular complexity index is 909. The molecule has 0 spiro atoms. The number of aryl methyl sites for hydroxylation is 1. The van der Waals surface area contributed by atoms with Crippen molar-refractivity contribution < 1.29 is 4.79 Å². The molecule has 0 unspecified atom stereocenters. The summed E-state index contributed by atoms with van der Waals surface area (Å²) in [5.74, 6) is 2.47.